The Morgan fingerprint density at radius 2 is 1.96 bits per heavy atom. The zero-order chi connectivity index (χ0) is 20.0. The highest BCUT2D eigenvalue weighted by molar-refractivity contribution is 6.01. The summed E-state index contributed by atoms with van der Waals surface area (Å²) in [4.78, 5) is 34.0. The van der Waals surface area contributed by atoms with E-state index in [0.717, 1.165) is 5.52 Å². The van der Waals surface area contributed by atoms with Gasteiger partial charge in [-0.15, -0.1) is 0 Å². The lowest BCUT2D eigenvalue weighted by Gasteiger charge is -2.18. The third-order valence-electron chi connectivity index (χ3n) is 5.01. The number of carbonyl (C=O) groups excluding carboxylic acids is 1. The molecule has 0 aliphatic rings. The number of fused-ring (bicyclic) bond motifs is 2. The van der Waals surface area contributed by atoms with Gasteiger partial charge in [0.1, 0.15) is 17.3 Å². The number of H-pyrrole nitrogens is 1. The Balaban J connectivity index is 1.70. The van der Waals surface area contributed by atoms with Gasteiger partial charge >= 0.3 is 0 Å². The number of aromatic nitrogens is 3. The van der Waals surface area contributed by atoms with Gasteiger partial charge in [0.15, 0.2) is 0 Å². The van der Waals surface area contributed by atoms with Crippen LogP contribution in [-0.4, -0.2) is 32.4 Å². The van der Waals surface area contributed by atoms with Crippen molar-refractivity contribution in [2.45, 2.75) is 13.5 Å². The Labute approximate surface area is 160 Å². The largest absolute Gasteiger partial charge is 0.339 e. The number of aryl methyl sites for hydroxylation is 2. The van der Waals surface area contributed by atoms with Crippen molar-refractivity contribution in [3.63, 3.8) is 0 Å². The molecule has 4 aromatic rings. The van der Waals surface area contributed by atoms with Crippen molar-refractivity contribution >= 4 is 27.7 Å². The topological polar surface area (TPSA) is 71.0 Å². The van der Waals surface area contributed by atoms with Gasteiger partial charge in [0, 0.05) is 25.0 Å². The molecule has 0 radical (unpaired) electrons. The number of rotatable bonds is 3. The van der Waals surface area contributed by atoms with Crippen molar-refractivity contribution in [3.05, 3.63) is 75.7 Å². The van der Waals surface area contributed by atoms with E-state index in [0.29, 0.717) is 33.4 Å². The van der Waals surface area contributed by atoms with Crippen molar-refractivity contribution in [1.82, 2.24) is 19.4 Å². The number of para-hydroxylation sites is 1. The molecule has 28 heavy (non-hydrogen) atoms. The van der Waals surface area contributed by atoms with E-state index in [1.54, 1.807) is 49.9 Å². The molecule has 0 spiro atoms. The molecule has 0 saturated carbocycles. The first-order valence-corrected chi connectivity index (χ1v) is 8.84. The van der Waals surface area contributed by atoms with Crippen LogP contribution in [0, 0.1) is 12.7 Å². The van der Waals surface area contributed by atoms with Crippen LogP contribution in [0.2, 0.25) is 0 Å². The minimum absolute atomic E-state index is 0.147. The Morgan fingerprint density at radius 1 is 1.21 bits per heavy atom. The summed E-state index contributed by atoms with van der Waals surface area (Å²) in [5.74, 6) is -0.166. The fourth-order valence-corrected chi connectivity index (χ4v) is 3.59. The number of benzene rings is 2. The second kappa shape index (κ2) is 6.60. The number of nitrogens with one attached hydrogen (secondary N) is 1. The molecule has 1 amide bonds. The van der Waals surface area contributed by atoms with Crippen LogP contribution in [0.1, 0.15) is 21.9 Å². The summed E-state index contributed by atoms with van der Waals surface area (Å²) in [6, 6.07) is 11.5. The van der Waals surface area contributed by atoms with Gasteiger partial charge in [-0.25, -0.2) is 9.37 Å². The van der Waals surface area contributed by atoms with E-state index in [9.17, 15) is 14.0 Å². The number of nitrogens with zero attached hydrogens (tertiary/aromatic N) is 3. The maximum absolute atomic E-state index is 13.6. The molecule has 4 rings (SSSR count). The molecular formula is C21H19FN4O2. The van der Waals surface area contributed by atoms with Gasteiger partial charge in [0.05, 0.1) is 17.4 Å². The van der Waals surface area contributed by atoms with E-state index in [-0.39, 0.29) is 23.8 Å². The molecule has 0 bridgehead atoms. The van der Waals surface area contributed by atoms with Crippen LogP contribution in [0.25, 0.3) is 21.8 Å². The van der Waals surface area contributed by atoms with E-state index < -0.39 is 0 Å². The molecule has 0 saturated heterocycles. The summed E-state index contributed by atoms with van der Waals surface area (Å²) >= 11 is 0. The lowest BCUT2D eigenvalue weighted by atomic mass is 10.1. The van der Waals surface area contributed by atoms with E-state index in [4.69, 9.17) is 0 Å². The van der Waals surface area contributed by atoms with Crippen LogP contribution in [0.4, 0.5) is 4.39 Å². The average Bonchev–Trinajstić information content (AvgIpc) is 2.91. The van der Waals surface area contributed by atoms with Gasteiger partial charge in [-0.1, -0.05) is 12.1 Å². The minimum atomic E-state index is -0.341. The molecule has 0 aliphatic heterocycles. The summed E-state index contributed by atoms with van der Waals surface area (Å²) in [5.41, 5.74) is 2.32. The lowest BCUT2D eigenvalue weighted by molar-refractivity contribution is 0.0772. The molecule has 2 aromatic heterocycles. The molecule has 0 unspecified atom stereocenters. The molecule has 1 N–H and O–H groups in total. The lowest BCUT2D eigenvalue weighted by Crippen LogP contribution is -2.30. The highest BCUT2D eigenvalue weighted by atomic mass is 19.1. The molecule has 0 aliphatic carbocycles. The summed E-state index contributed by atoms with van der Waals surface area (Å²) in [5, 5.41) is 1.21. The number of amides is 1. The van der Waals surface area contributed by atoms with Crippen LogP contribution < -0.4 is 5.56 Å². The summed E-state index contributed by atoms with van der Waals surface area (Å²) in [7, 11) is 3.43. The molecule has 0 atom stereocenters. The van der Waals surface area contributed by atoms with Gasteiger partial charge < -0.3 is 14.5 Å². The van der Waals surface area contributed by atoms with E-state index in [1.165, 1.54) is 17.0 Å². The number of halogens is 1. The first-order chi connectivity index (χ1) is 13.4. The first kappa shape index (κ1) is 17.9. The van der Waals surface area contributed by atoms with Gasteiger partial charge in [-0.2, -0.15) is 0 Å². The Hall–Kier alpha value is -3.48. The minimum Gasteiger partial charge on any atom is -0.339 e. The number of carbonyl (C=O) groups is 1. The summed E-state index contributed by atoms with van der Waals surface area (Å²) in [6.07, 6.45) is 0. The predicted molar refractivity (Wildman–Crippen MR) is 106 cm³/mol. The highest BCUT2D eigenvalue weighted by Gasteiger charge is 2.22. The van der Waals surface area contributed by atoms with Gasteiger partial charge in [0.2, 0.25) is 0 Å². The average molecular weight is 378 g/mol. The van der Waals surface area contributed by atoms with Crippen LogP contribution in [0.3, 0.4) is 0 Å². The monoisotopic (exact) mass is 378 g/mol. The molecule has 6 nitrogen and oxygen atoms in total. The van der Waals surface area contributed by atoms with Crippen LogP contribution in [0.15, 0.2) is 47.3 Å². The maximum atomic E-state index is 13.6. The standard InChI is InChI=1S/C21H19FN4O2/c1-12-15-10-13(22)8-9-17(15)26(3)19(12)21(28)25(2)11-18-23-16-7-5-4-6-14(16)20(27)24-18/h4-10H,11H2,1-3H3,(H,23,24,27). The highest BCUT2D eigenvalue weighted by Crippen LogP contribution is 2.26. The predicted octanol–water partition coefficient (Wildman–Crippen LogP) is 3.13. The number of hydrogen-bond acceptors (Lipinski definition) is 3. The molecule has 0 fully saturated rings. The third kappa shape index (κ3) is 2.85. The van der Waals surface area contributed by atoms with E-state index in [1.807, 2.05) is 6.07 Å². The maximum Gasteiger partial charge on any atom is 0.270 e. The van der Waals surface area contributed by atoms with Crippen LogP contribution in [0.5, 0.6) is 0 Å². The Morgan fingerprint density at radius 3 is 2.75 bits per heavy atom. The zero-order valence-corrected chi connectivity index (χ0v) is 15.8. The Kier molecular flexibility index (Phi) is 4.22. The third-order valence-corrected chi connectivity index (χ3v) is 5.01. The summed E-state index contributed by atoms with van der Waals surface area (Å²) in [6.45, 7) is 1.95. The van der Waals surface area contributed by atoms with Crippen molar-refractivity contribution < 1.29 is 9.18 Å². The smallest absolute Gasteiger partial charge is 0.270 e. The second-order valence-electron chi connectivity index (χ2n) is 6.89. The zero-order valence-electron chi connectivity index (χ0n) is 15.8. The van der Waals surface area contributed by atoms with Crippen molar-refractivity contribution in [1.29, 1.82) is 0 Å². The van der Waals surface area contributed by atoms with Crippen LogP contribution in [-0.2, 0) is 13.6 Å². The number of aromatic amines is 1. The SMILES string of the molecule is Cc1c(C(=O)N(C)Cc2nc3ccccc3c(=O)[nH]2)n(C)c2ccc(F)cc12. The van der Waals surface area contributed by atoms with Crippen molar-refractivity contribution in [2.24, 2.45) is 7.05 Å². The quantitative estimate of drug-likeness (QED) is 0.595. The fraction of sp³-hybridized carbons (Fsp3) is 0.190. The fourth-order valence-electron chi connectivity index (χ4n) is 3.59. The van der Waals surface area contributed by atoms with Gasteiger partial charge in [0.25, 0.3) is 11.5 Å². The summed E-state index contributed by atoms with van der Waals surface area (Å²) < 4.78 is 15.4. The normalized spacial score (nSPS) is 11.3. The van der Waals surface area contributed by atoms with E-state index >= 15 is 0 Å². The van der Waals surface area contributed by atoms with Crippen LogP contribution >= 0.6 is 0 Å². The first-order valence-electron chi connectivity index (χ1n) is 8.84. The second-order valence-corrected chi connectivity index (χ2v) is 6.89. The molecule has 7 heteroatoms. The molecular weight excluding hydrogens is 359 g/mol. The van der Waals surface area contributed by atoms with Gasteiger partial charge in [-0.05, 0) is 42.8 Å². The molecule has 2 aromatic carbocycles. The van der Waals surface area contributed by atoms with Gasteiger partial charge in [-0.3, -0.25) is 9.59 Å². The Bertz CT molecular complexity index is 1290. The van der Waals surface area contributed by atoms with Crippen molar-refractivity contribution in [3.8, 4) is 0 Å². The van der Waals surface area contributed by atoms with Crippen molar-refractivity contribution in [2.75, 3.05) is 7.05 Å². The van der Waals surface area contributed by atoms with E-state index in [2.05, 4.69) is 9.97 Å². The molecule has 142 valence electrons. The molecule has 2 heterocycles. The number of hydrogen-bond donors (Lipinski definition) is 1.